The van der Waals surface area contributed by atoms with Gasteiger partial charge in [0.05, 0.1) is 11.3 Å². The van der Waals surface area contributed by atoms with Crippen LogP contribution in [0, 0.1) is 25.2 Å². The molecule has 4 rings (SSSR count). The van der Waals surface area contributed by atoms with Gasteiger partial charge in [0.15, 0.2) is 0 Å². The zero-order chi connectivity index (χ0) is 19.8. The fraction of sp³-hybridized carbons (Fsp3) is 0.227. The number of pyridine rings is 1. The molecule has 0 radical (unpaired) electrons. The number of benzene rings is 1. The SMILES string of the molecule is Cc1ccc(O)c(C)c1-c1cnc2[nH]c(CCc3ccn(C)n3)cc2c1C#N. The molecule has 0 aliphatic rings. The number of H-pyrrole nitrogens is 1. The van der Waals surface area contributed by atoms with Crippen LogP contribution in [-0.2, 0) is 19.9 Å². The molecule has 0 fully saturated rings. The first-order valence-corrected chi connectivity index (χ1v) is 9.16. The van der Waals surface area contributed by atoms with Crippen molar-refractivity contribution in [3.63, 3.8) is 0 Å². The van der Waals surface area contributed by atoms with Crippen LogP contribution in [0.2, 0.25) is 0 Å². The zero-order valence-electron chi connectivity index (χ0n) is 16.1. The number of rotatable bonds is 4. The molecule has 140 valence electrons. The summed E-state index contributed by atoms with van der Waals surface area (Å²) in [6, 6.07) is 9.89. The molecular formula is C22H21N5O. The second kappa shape index (κ2) is 6.86. The summed E-state index contributed by atoms with van der Waals surface area (Å²) in [5, 5.41) is 25.2. The van der Waals surface area contributed by atoms with E-state index in [-0.39, 0.29) is 5.75 Å². The van der Waals surface area contributed by atoms with Crippen LogP contribution in [0.25, 0.3) is 22.2 Å². The normalized spacial score (nSPS) is 11.1. The van der Waals surface area contributed by atoms with Gasteiger partial charge in [-0.15, -0.1) is 0 Å². The lowest BCUT2D eigenvalue weighted by atomic mass is 9.92. The van der Waals surface area contributed by atoms with Crippen molar-refractivity contribution < 1.29 is 5.11 Å². The van der Waals surface area contributed by atoms with Crippen molar-refractivity contribution in [2.75, 3.05) is 0 Å². The second-order valence-corrected chi connectivity index (χ2v) is 7.10. The molecule has 2 N–H and O–H groups in total. The molecule has 0 saturated carbocycles. The van der Waals surface area contributed by atoms with Crippen LogP contribution < -0.4 is 0 Å². The number of fused-ring (bicyclic) bond motifs is 1. The number of phenolic OH excluding ortho intramolecular Hbond substituents is 1. The van der Waals surface area contributed by atoms with Crippen LogP contribution >= 0.6 is 0 Å². The molecule has 6 nitrogen and oxygen atoms in total. The quantitative estimate of drug-likeness (QED) is 0.568. The molecule has 0 saturated heterocycles. The summed E-state index contributed by atoms with van der Waals surface area (Å²) in [6.45, 7) is 3.83. The summed E-state index contributed by atoms with van der Waals surface area (Å²) in [5.74, 6) is 0.217. The second-order valence-electron chi connectivity index (χ2n) is 7.10. The van der Waals surface area contributed by atoms with Gasteiger partial charge in [0.2, 0.25) is 0 Å². The molecule has 0 aliphatic carbocycles. The third-order valence-corrected chi connectivity index (χ3v) is 5.16. The number of hydrogen-bond acceptors (Lipinski definition) is 4. The molecule has 1 aromatic carbocycles. The van der Waals surface area contributed by atoms with Crippen LogP contribution in [-0.4, -0.2) is 24.9 Å². The maximum atomic E-state index is 10.1. The Morgan fingerprint density at radius 3 is 2.75 bits per heavy atom. The minimum absolute atomic E-state index is 0.217. The van der Waals surface area contributed by atoms with E-state index in [2.05, 4.69) is 21.1 Å². The molecule has 6 heteroatoms. The molecule has 3 aromatic heterocycles. The van der Waals surface area contributed by atoms with Crippen molar-refractivity contribution in [1.82, 2.24) is 19.7 Å². The lowest BCUT2D eigenvalue weighted by Gasteiger charge is -2.13. The molecule has 0 spiro atoms. The number of nitriles is 1. The van der Waals surface area contributed by atoms with Gasteiger partial charge in [-0.25, -0.2) is 4.98 Å². The predicted octanol–water partition coefficient (Wildman–Crippen LogP) is 3.94. The van der Waals surface area contributed by atoms with E-state index in [1.165, 1.54) is 0 Å². The molecular weight excluding hydrogens is 350 g/mol. The fourth-order valence-corrected chi connectivity index (χ4v) is 3.68. The highest BCUT2D eigenvalue weighted by Gasteiger charge is 2.17. The molecule has 4 aromatic rings. The van der Waals surface area contributed by atoms with E-state index in [1.807, 2.05) is 45.3 Å². The Bertz CT molecular complexity index is 1230. The highest BCUT2D eigenvalue weighted by atomic mass is 16.3. The molecule has 0 aliphatic heterocycles. The van der Waals surface area contributed by atoms with Crippen LogP contribution in [0.15, 0.2) is 36.7 Å². The molecule has 0 atom stereocenters. The maximum absolute atomic E-state index is 10.1. The predicted molar refractivity (Wildman–Crippen MR) is 108 cm³/mol. The van der Waals surface area contributed by atoms with E-state index >= 15 is 0 Å². The smallest absolute Gasteiger partial charge is 0.138 e. The Kier molecular flexibility index (Phi) is 4.36. The Morgan fingerprint density at radius 1 is 1.21 bits per heavy atom. The molecule has 0 amide bonds. The van der Waals surface area contributed by atoms with E-state index in [9.17, 15) is 10.4 Å². The summed E-state index contributed by atoms with van der Waals surface area (Å²) >= 11 is 0. The fourth-order valence-electron chi connectivity index (χ4n) is 3.68. The lowest BCUT2D eigenvalue weighted by molar-refractivity contribution is 0.471. The number of aromatic hydroxyl groups is 1. The van der Waals surface area contributed by atoms with Crippen molar-refractivity contribution in [3.05, 3.63) is 64.7 Å². The number of nitrogens with zero attached hydrogens (tertiary/aromatic N) is 4. The van der Waals surface area contributed by atoms with E-state index in [0.717, 1.165) is 51.9 Å². The van der Waals surface area contributed by atoms with E-state index in [4.69, 9.17) is 0 Å². The van der Waals surface area contributed by atoms with E-state index < -0.39 is 0 Å². The first-order valence-electron chi connectivity index (χ1n) is 9.16. The molecule has 28 heavy (non-hydrogen) atoms. The van der Waals surface area contributed by atoms with Crippen molar-refractivity contribution in [1.29, 1.82) is 5.26 Å². The van der Waals surface area contributed by atoms with Crippen molar-refractivity contribution in [2.24, 2.45) is 7.05 Å². The average molecular weight is 371 g/mol. The van der Waals surface area contributed by atoms with Crippen LogP contribution in [0.1, 0.15) is 28.1 Å². The molecule has 0 unspecified atom stereocenters. The van der Waals surface area contributed by atoms with Gasteiger partial charge in [0, 0.05) is 36.1 Å². The monoisotopic (exact) mass is 371 g/mol. The van der Waals surface area contributed by atoms with Gasteiger partial charge >= 0.3 is 0 Å². The van der Waals surface area contributed by atoms with Gasteiger partial charge in [-0.2, -0.15) is 10.4 Å². The Labute approximate surface area is 163 Å². The topological polar surface area (TPSA) is 90.5 Å². The Morgan fingerprint density at radius 2 is 2.04 bits per heavy atom. The van der Waals surface area contributed by atoms with Crippen LogP contribution in [0.5, 0.6) is 5.75 Å². The van der Waals surface area contributed by atoms with E-state index in [0.29, 0.717) is 11.2 Å². The van der Waals surface area contributed by atoms with Crippen LogP contribution in [0.4, 0.5) is 0 Å². The Hall–Kier alpha value is -3.59. The number of aryl methyl sites for hydroxylation is 4. The van der Waals surface area contributed by atoms with Crippen molar-refractivity contribution >= 4 is 11.0 Å². The summed E-state index contributed by atoms with van der Waals surface area (Å²) in [5.41, 5.74) is 6.68. The molecule has 3 heterocycles. The van der Waals surface area contributed by atoms with Crippen molar-refractivity contribution in [3.8, 4) is 22.9 Å². The molecule has 0 bridgehead atoms. The third kappa shape index (κ3) is 3.01. The van der Waals surface area contributed by atoms with Gasteiger partial charge in [-0.05, 0) is 61.6 Å². The first kappa shape index (κ1) is 17.8. The minimum Gasteiger partial charge on any atom is -0.508 e. The average Bonchev–Trinajstić information content (AvgIpc) is 3.28. The summed E-state index contributed by atoms with van der Waals surface area (Å²) in [7, 11) is 1.91. The lowest BCUT2D eigenvalue weighted by Crippen LogP contribution is -1.94. The third-order valence-electron chi connectivity index (χ3n) is 5.16. The summed E-state index contributed by atoms with van der Waals surface area (Å²) < 4.78 is 1.79. The standard InChI is InChI=1S/C22H21N5O/c1-13-4-7-20(28)14(2)21(13)19-12-24-22-17(18(19)11-23)10-16(25-22)6-5-15-8-9-27(3)26-15/h4,7-10,12,28H,5-6H2,1-3H3,(H,24,25). The first-order chi connectivity index (χ1) is 13.5. The Balaban J connectivity index is 1.77. The number of aromatic nitrogens is 4. The number of phenols is 1. The highest BCUT2D eigenvalue weighted by molar-refractivity contribution is 5.92. The highest BCUT2D eigenvalue weighted by Crippen LogP contribution is 2.36. The number of hydrogen-bond donors (Lipinski definition) is 2. The minimum atomic E-state index is 0.217. The van der Waals surface area contributed by atoms with E-state index in [1.54, 1.807) is 16.9 Å². The summed E-state index contributed by atoms with van der Waals surface area (Å²) in [6.07, 6.45) is 5.25. The zero-order valence-corrected chi connectivity index (χ0v) is 16.1. The van der Waals surface area contributed by atoms with Gasteiger partial charge in [-0.3, -0.25) is 4.68 Å². The van der Waals surface area contributed by atoms with Crippen LogP contribution in [0.3, 0.4) is 0 Å². The maximum Gasteiger partial charge on any atom is 0.138 e. The van der Waals surface area contributed by atoms with Gasteiger partial charge in [-0.1, -0.05) is 6.07 Å². The van der Waals surface area contributed by atoms with Gasteiger partial charge in [0.1, 0.15) is 17.5 Å². The van der Waals surface area contributed by atoms with Gasteiger partial charge < -0.3 is 10.1 Å². The van der Waals surface area contributed by atoms with Crippen molar-refractivity contribution in [2.45, 2.75) is 26.7 Å². The largest absolute Gasteiger partial charge is 0.508 e. The number of nitrogens with one attached hydrogen (secondary N) is 1. The summed E-state index contributed by atoms with van der Waals surface area (Å²) in [4.78, 5) is 7.87. The number of aromatic amines is 1. The van der Waals surface area contributed by atoms with Gasteiger partial charge in [0.25, 0.3) is 0 Å².